The van der Waals surface area contributed by atoms with Gasteiger partial charge < -0.3 is 10.3 Å². The van der Waals surface area contributed by atoms with Crippen molar-refractivity contribution in [1.29, 1.82) is 0 Å². The molecule has 0 fully saturated rings. The number of H-pyrrole nitrogens is 1. The summed E-state index contributed by atoms with van der Waals surface area (Å²) in [6, 6.07) is 2.09. The number of aromatic nitrogens is 2. The topological polar surface area (TPSA) is 86.9 Å². The first-order chi connectivity index (χ1) is 9.88. The molecule has 8 heteroatoms. The SMILES string of the molecule is Cc1cc(S(=O)(=O)NCc2cnc[nH]2)sc1CNC(C)C. The predicted octanol–water partition coefficient (Wildman–Crippen LogP) is 1.76. The molecule has 0 aliphatic carbocycles. The highest BCUT2D eigenvalue weighted by Crippen LogP contribution is 2.26. The molecule has 0 atom stereocenters. The minimum atomic E-state index is -3.48. The van der Waals surface area contributed by atoms with Gasteiger partial charge in [0.15, 0.2) is 0 Å². The number of hydrogen-bond acceptors (Lipinski definition) is 5. The summed E-state index contributed by atoms with van der Waals surface area (Å²) < 4.78 is 27.5. The van der Waals surface area contributed by atoms with Crippen LogP contribution < -0.4 is 10.0 Å². The normalized spacial score (nSPS) is 12.2. The summed E-state index contributed by atoms with van der Waals surface area (Å²) >= 11 is 1.31. The van der Waals surface area contributed by atoms with E-state index in [4.69, 9.17) is 0 Å². The number of aromatic amines is 1. The molecule has 2 rings (SSSR count). The molecule has 0 radical (unpaired) electrons. The van der Waals surface area contributed by atoms with Crippen molar-refractivity contribution in [2.24, 2.45) is 0 Å². The highest BCUT2D eigenvalue weighted by Gasteiger charge is 2.18. The van der Waals surface area contributed by atoms with E-state index in [2.05, 4.69) is 33.9 Å². The van der Waals surface area contributed by atoms with E-state index in [9.17, 15) is 8.42 Å². The Morgan fingerprint density at radius 3 is 2.76 bits per heavy atom. The van der Waals surface area contributed by atoms with E-state index in [1.54, 1.807) is 12.3 Å². The molecule has 116 valence electrons. The number of nitrogens with one attached hydrogen (secondary N) is 3. The van der Waals surface area contributed by atoms with Gasteiger partial charge >= 0.3 is 0 Å². The number of sulfonamides is 1. The van der Waals surface area contributed by atoms with Crippen LogP contribution in [0.3, 0.4) is 0 Å². The first-order valence-corrected chi connectivity index (χ1v) is 8.98. The second-order valence-electron chi connectivity index (χ2n) is 5.11. The molecule has 21 heavy (non-hydrogen) atoms. The van der Waals surface area contributed by atoms with E-state index in [1.165, 1.54) is 17.7 Å². The zero-order chi connectivity index (χ0) is 15.5. The van der Waals surface area contributed by atoms with Crippen LogP contribution in [0.5, 0.6) is 0 Å². The Hall–Kier alpha value is -1.22. The fourth-order valence-corrected chi connectivity index (χ4v) is 4.31. The smallest absolute Gasteiger partial charge is 0.250 e. The van der Waals surface area contributed by atoms with E-state index in [0.29, 0.717) is 16.8 Å². The van der Waals surface area contributed by atoms with Crippen LogP contribution >= 0.6 is 11.3 Å². The minimum absolute atomic E-state index is 0.207. The molecule has 6 nitrogen and oxygen atoms in total. The highest BCUT2D eigenvalue weighted by molar-refractivity contribution is 7.91. The molecule has 2 aromatic heterocycles. The summed E-state index contributed by atoms with van der Waals surface area (Å²) in [6.07, 6.45) is 3.12. The van der Waals surface area contributed by atoms with Crippen LogP contribution in [0.4, 0.5) is 0 Å². The zero-order valence-corrected chi connectivity index (χ0v) is 13.9. The van der Waals surface area contributed by atoms with Gasteiger partial charge in [0.1, 0.15) is 4.21 Å². The largest absolute Gasteiger partial charge is 0.347 e. The summed E-state index contributed by atoms with van der Waals surface area (Å²) in [6.45, 7) is 6.95. The van der Waals surface area contributed by atoms with E-state index in [0.717, 1.165) is 16.1 Å². The van der Waals surface area contributed by atoms with Gasteiger partial charge in [0.2, 0.25) is 10.0 Å². The molecule has 0 saturated carbocycles. The van der Waals surface area contributed by atoms with Gasteiger partial charge in [-0.3, -0.25) is 0 Å². The van der Waals surface area contributed by atoms with E-state index < -0.39 is 10.0 Å². The van der Waals surface area contributed by atoms with Crippen molar-refractivity contribution in [3.8, 4) is 0 Å². The van der Waals surface area contributed by atoms with Crippen molar-refractivity contribution >= 4 is 21.4 Å². The Morgan fingerprint density at radius 1 is 1.38 bits per heavy atom. The number of aryl methyl sites for hydroxylation is 1. The summed E-state index contributed by atoms with van der Waals surface area (Å²) in [4.78, 5) is 7.77. The second-order valence-corrected chi connectivity index (χ2v) is 8.24. The van der Waals surface area contributed by atoms with Gasteiger partial charge in [-0.1, -0.05) is 13.8 Å². The number of imidazole rings is 1. The molecule has 0 amide bonds. The number of nitrogens with zero attached hydrogens (tertiary/aromatic N) is 1. The third kappa shape index (κ3) is 4.37. The predicted molar refractivity (Wildman–Crippen MR) is 83.6 cm³/mol. The lowest BCUT2D eigenvalue weighted by atomic mass is 10.3. The Balaban J connectivity index is 2.07. The van der Waals surface area contributed by atoms with Gasteiger partial charge in [-0.2, -0.15) is 0 Å². The Bertz CT molecular complexity index is 675. The molecule has 0 bridgehead atoms. The quantitative estimate of drug-likeness (QED) is 0.723. The molecule has 0 spiro atoms. The van der Waals surface area contributed by atoms with Gasteiger partial charge in [-0.15, -0.1) is 11.3 Å². The molecule has 0 aliphatic rings. The third-order valence-corrected chi connectivity index (χ3v) is 6.05. The number of hydrogen-bond donors (Lipinski definition) is 3. The lowest BCUT2D eigenvalue weighted by Gasteiger charge is -2.06. The summed E-state index contributed by atoms with van der Waals surface area (Å²) in [5.74, 6) is 0. The Labute approximate surface area is 129 Å². The summed E-state index contributed by atoms with van der Waals surface area (Å²) in [5, 5.41) is 3.30. The van der Waals surface area contributed by atoms with Crippen molar-refractivity contribution in [3.05, 3.63) is 34.7 Å². The maximum absolute atomic E-state index is 12.3. The molecule has 2 heterocycles. The minimum Gasteiger partial charge on any atom is -0.347 e. The van der Waals surface area contributed by atoms with Crippen LogP contribution in [-0.2, 0) is 23.1 Å². The summed E-state index contributed by atoms with van der Waals surface area (Å²) in [7, 11) is -3.48. The number of rotatable bonds is 7. The fraction of sp³-hybridized carbons (Fsp3) is 0.462. The van der Waals surface area contributed by atoms with E-state index >= 15 is 0 Å². The Morgan fingerprint density at radius 2 is 2.14 bits per heavy atom. The molecule has 0 aromatic carbocycles. The first kappa shape index (κ1) is 16.2. The van der Waals surface area contributed by atoms with Crippen LogP contribution in [-0.4, -0.2) is 24.4 Å². The zero-order valence-electron chi connectivity index (χ0n) is 12.3. The van der Waals surface area contributed by atoms with Crippen molar-refractivity contribution in [3.63, 3.8) is 0 Å². The van der Waals surface area contributed by atoms with Crippen molar-refractivity contribution in [1.82, 2.24) is 20.0 Å². The Kier molecular flexibility index (Phi) is 5.15. The van der Waals surface area contributed by atoms with Crippen LogP contribution in [0.25, 0.3) is 0 Å². The molecular formula is C13H20N4O2S2. The molecule has 0 unspecified atom stereocenters. The maximum atomic E-state index is 12.3. The average Bonchev–Trinajstić information content (AvgIpc) is 3.04. The summed E-state index contributed by atoms with van der Waals surface area (Å²) in [5.41, 5.74) is 1.73. The molecular weight excluding hydrogens is 308 g/mol. The van der Waals surface area contributed by atoms with Crippen LogP contribution in [0, 0.1) is 6.92 Å². The molecule has 3 N–H and O–H groups in total. The van der Waals surface area contributed by atoms with Crippen molar-refractivity contribution in [2.75, 3.05) is 0 Å². The van der Waals surface area contributed by atoms with Crippen LogP contribution in [0.1, 0.15) is 30.0 Å². The first-order valence-electron chi connectivity index (χ1n) is 6.68. The highest BCUT2D eigenvalue weighted by atomic mass is 32.2. The number of thiophene rings is 1. The average molecular weight is 328 g/mol. The standard InChI is InChI=1S/C13H20N4O2S2/c1-9(2)15-7-12-10(3)4-13(20-12)21(18,19)17-6-11-5-14-8-16-11/h4-5,8-9,15,17H,6-7H2,1-3H3,(H,14,16). The molecule has 2 aromatic rings. The van der Waals surface area contributed by atoms with Crippen molar-refractivity contribution in [2.45, 2.75) is 44.1 Å². The van der Waals surface area contributed by atoms with Gasteiger partial charge in [0, 0.05) is 29.4 Å². The van der Waals surface area contributed by atoms with Crippen LogP contribution in [0.15, 0.2) is 22.8 Å². The molecule has 0 aliphatic heterocycles. The van der Waals surface area contributed by atoms with Gasteiger partial charge in [0.25, 0.3) is 0 Å². The maximum Gasteiger partial charge on any atom is 0.250 e. The lowest BCUT2D eigenvalue weighted by Crippen LogP contribution is -2.22. The third-order valence-electron chi connectivity index (χ3n) is 2.94. The van der Waals surface area contributed by atoms with E-state index in [-0.39, 0.29) is 6.54 Å². The van der Waals surface area contributed by atoms with Crippen LogP contribution in [0.2, 0.25) is 0 Å². The fourth-order valence-electron chi connectivity index (χ4n) is 1.72. The van der Waals surface area contributed by atoms with Crippen molar-refractivity contribution < 1.29 is 8.42 Å². The lowest BCUT2D eigenvalue weighted by molar-refractivity contribution is 0.582. The second kappa shape index (κ2) is 6.69. The monoisotopic (exact) mass is 328 g/mol. The van der Waals surface area contributed by atoms with E-state index in [1.807, 2.05) is 6.92 Å². The van der Waals surface area contributed by atoms with Gasteiger partial charge in [-0.25, -0.2) is 18.1 Å². The molecule has 0 saturated heterocycles. The van der Waals surface area contributed by atoms with Gasteiger partial charge in [0.05, 0.1) is 12.9 Å². The van der Waals surface area contributed by atoms with Gasteiger partial charge in [-0.05, 0) is 18.6 Å².